The topological polar surface area (TPSA) is 70.1 Å². The van der Waals surface area contributed by atoms with Crippen LogP contribution in [0.3, 0.4) is 0 Å². The lowest BCUT2D eigenvalue weighted by atomic mass is 10.0. The number of aryl methyl sites for hydroxylation is 1. The van der Waals surface area contributed by atoms with E-state index in [0.717, 1.165) is 5.69 Å². The first-order valence-corrected chi connectivity index (χ1v) is 5.95. The molecule has 0 aromatic carbocycles. The lowest BCUT2D eigenvalue weighted by molar-refractivity contribution is -0.153. The number of carbonyl (C=O) groups is 1. The number of halogens is 1. The van der Waals surface area contributed by atoms with Crippen LogP contribution in [0.1, 0.15) is 19.5 Å². The highest BCUT2D eigenvalue weighted by Crippen LogP contribution is 2.13. The van der Waals surface area contributed by atoms with Gasteiger partial charge in [-0.2, -0.15) is 0 Å². The lowest BCUT2D eigenvalue weighted by Crippen LogP contribution is -2.54. The van der Waals surface area contributed by atoms with Gasteiger partial charge < -0.3 is 15.0 Å². The average Bonchev–Trinajstić information content (AvgIpc) is 2.63. The van der Waals surface area contributed by atoms with Gasteiger partial charge in [0.1, 0.15) is 5.54 Å². The predicted octanol–water partition coefficient (Wildman–Crippen LogP) is 1.08. The molecule has 0 spiro atoms. The van der Waals surface area contributed by atoms with Crippen LogP contribution in [-0.2, 0) is 16.1 Å². The summed E-state index contributed by atoms with van der Waals surface area (Å²) in [6, 6.07) is 0. The second-order valence-electron chi connectivity index (χ2n) is 4.41. The zero-order valence-corrected chi connectivity index (χ0v) is 11.1. The molecule has 1 aromatic rings. The van der Waals surface area contributed by atoms with Gasteiger partial charge in [0.2, 0.25) is 0 Å². The molecule has 2 N–H and O–H groups in total. The van der Waals surface area contributed by atoms with E-state index in [-0.39, 0.29) is 18.5 Å². The highest BCUT2D eigenvalue weighted by atomic mass is 35.5. The van der Waals surface area contributed by atoms with Crippen LogP contribution >= 0.6 is 11.6 Å². The van der Waals surface area contributed by atoms with Gasteiger partial charge in [-0.25, -0.2) is 9.78 Å². The van der Waals surface area contributed by atoms with Crippen molar-refractivity contribution in [1.29, 1.82) is 0 Å². The molecule has 17 heavy (non-hydrogen) atoms. The molecular formula is C11H18ClN3O2. The Labute approximate surface area is 106 Å². The number of nitrogens with two attached hydrogens (primary N) is 1. The summed E-state index contributed by atoms with van der Waals surface area (Å²) in [7, 11) is 0. The molecule has 0 aliphatic carbocycles. The first kappa shape index (κ1) is 14.0. The monoisotopic (exact) mass is 259 g/mol. The molecular weight excluding hydrogens is 242 g/mol. The SMILES string of the molecule is Cc1cncn1CC(N)(CCl)C(=O)OC(C)C. The molecule has 0 amide bonds. The molecule has 0 radical (unpaired) electrons. The normalized spacial score (nSPS) is 14.7. The molecule has 1 unspecified atom stereocenters. The predicted molar refractivity (Wildman–Crippen MR) is 65.8 cm³/mol. The van der Waals surface area contributed by atoms with Crippen molar-refractivity contribution in [1.82, 2.24) is 9.55 Å². The second kappa shape index (κ2) is 5.51. The van der Waals surface area contributed by atoms with E-state index in [9.17, 15) is 4.79 Å². The lowest BCUT2D eigenvalue weighted by Gasteiger charge is -2.26. The number of alkyl halides is 1. The van der Waals surface area contributed by atoms with Crippen LogP contribution in [-0.4, -0.2) is 33.0 Å². The number of hydrogen-bond acceptors (Lipinski definition) is 4. The van der Waals surface area contributed by atoms with Gasteiger partial charge in [-0.3, -0.25) is 0 Å². The summed E-state index contributed by atoms with van der Waals surface area (Å²) < 4.78 is 6.89. The smallest absolute Gasteiger partial charge is 0.329 e. The van der Waals surface area contributed by atoms with Gasteiger partial charge in [0.15, 0.2) is 0 Å². The number of rotatable bonds is 5. The van der Waals surface area contributed by atoms with Gasteiger partial charge in [-0.05, 0) is 20.8 Å². The van der Waals surface area contributed by atoms with Crippen molar-refractivity contribution in [2.24, 2.45) is 5.73 Å². The first-order chi connectivity index (χ1) is 7.89. The quantitative estimate of drug-likeness (QED) is 0.635. The zero-order valence-electron chi connectivity index (χ0n) is 10.3. The van der Waals surface area contributed by atoms with E-state index in [1.165, 1.54) is 0 Å². The van der Waals surface area contributed by atoms with Gasteiger partial charge in [-0.1, -0.05) is 0 Å². The molecule has 1 atom stereocenters. The van der Waals surface area contributed by atoms with Crippen molar-refractivity contribution in [3.8, 4) is 0 Å². The Morgan fingerprint density at radius 3 is 2.76 bits per heavy atom. The molecule has 5 nitrogen and oxygen atoms in total. The molecule has 96 valence electrons. The Morgan fingerprint density at radius 1 is 1.71 bits per heavy atom. The summed E-state index contributed by atoms with van der Waals surface area (Å²) in [5.41, 5.74) is 5.69. The largest absolute Gasteiger partial charge is 0.462 e. The van der Waals surface area contributed by atoms with Gasteiger partial charge >= 0.3 is 5.97 Å². The average molecular weight is 260 g/mol. The van der Waals surface area contributed by atoms with E-state index in [4.69, 9.17) is 22.1 Å². The van der Waals surface area contributed by atoms with Crippen LogP contribution in [0.5, 0.6) is 0 Å². The Morgan fingerprint density at radius 2 is 2.35 bits per heavy atom. The summed E-state index contributed by atoms with van der Waals surface area (Å²) >= 11 is 5.80. The first-order valence-electron chi connectivity index (χ1n) is 5.41. The third kappa shape index (κ3) is 3.44. The molecule has 1 rings (SSSR count). The molecule has 0 fully saturated rings. The number of nitrogens with zero attached hydrogens (tertiary/aromatic N) is 2. The minimum atomic E-state index is -1.22. The Bertz CT molecular complexity index is 392. The van der Waals surface area contributed by atoms with Crippen LogP contribution in [0.4, 0.5) is 0 Å². The minimum Gasteiger partial charge on any atom is -0.462 e. The van der Waals surface area contributed by atoms with Crippen molar-refractivity contribution in [2.75, 3.05) is 5.88 Å². The molecule has 0 aliphatic rings. The van der Waals surface area contributed by atoms with Gasteiger partial charge in [0.05, 0.1) is 24.9 Å². The van der Waals surface area contributed by atoms with Crippen LogP contribution < -0.4 is 5.73 Å². The summed E-state index contributed by atoms with van der Waals surface area (Å²) in [4.78, 5) is 15.9. The zero-order chi connectivity index (χ0) is 13.1. The van der Waals surface area contributed by atoms with Crippen molar-refractivity contribution >= 4 is 17.6 Å². The van der Waals surface area contributed by atoms with Gasteiger partial charge in [0.25, 0.3) is 0 Å². The fourth-order valence-electron chi connectivity index (χ4n) is 1.35. The second-order valence-corrected chi connectivity index (χ2v) is 4.67. The van der Waals surface area contributed by atoms with Crippen molar-refractivity contribution in [3.05, 3.63) is 18.2 Å². The highest BCUT2D eigenvalue weighted by molar-refractivity contribution is 6.20. The van der Waals surface area contributed by atoms with E-state index in [2.05, 4.69) is 4.98 Å². The van der Waals surface area contributed by atoms with Gasteiger partial charge in [-0.15, -0.1) is 11.6 Å². The van der Waals surface area contributed by atoms with Crippen LogP contribution in [0.15, 0.2) is 12.5 Å². The maximum absolute atomic E-state index is 11.9. The maximum atomic E-state index is 11.9. The highest BCUT2D eigenvalue weighted by Gasteiger charge is 2.36. The molecule has 6 heteroatoms. The molecule has 0 bridgehead atoms. The standard InChI is InChI=1S/C11H18ClN3O2/c1-8(2)17-10(16)11(13,5-12)6-15-7-14-4-9(15)3/h4,7-8H,5-6,13H2,1-3H3. The molecule has 0 saturated heterocycles. The number of aromatic nitrogens is 2. The fourth-order valence-corrected chi connectivity index (χ4v) is 1.54. The number of ether oxygens (including phenoxy) is 1. The van der Waals surface area contributed by atoms with Crippen LogP contribution in [0, 0.1) is 6.92 Å². The summed E-state index contributed by atoms with van der Waals surface area (Å²) in [5.74, 6) is -0.494. The number of hydrogen-bond donors (Lipinski definition) is 1. The van der Waals surface area contributed by atoms with Gasteiger partial charge in [0, 0.05) is 11.9 Å². The van der Waals surface area contributed by atoms with Crippen molar-refractivity contribution in [3.63, 3.8) is 0 Å². The van der Waals surface area contributed by atoms with E-state index in [1.807, 2.05) is 6.92 Å². The summed E-state index contributed by atoms with van der Waals surface area (Å²) in [6.45, 7) is 5.69. The van der Waals surface area contributed by atoms with E-state index >= 15 is 0 Å². The molecule has 1 heterocycles. The van der Waals surface area contributed by atoms with Crippen LogP contribution in [0.2, 0.25) is 0 Å². The molecule has 0 aliphatic heterocycles. The maximum Gasteiger partial charge on any atom is 0.329 e. The minimum absolute atomic E-state index is 0.00380. The Kier molecular flexibility index (Phi) is 4.54. The molecule has 0 saturated carbocycles. The summed E-state index contributed by atoms with van der Waals surface area (Å²) in [5, 5.41) is 0. The van der Waals surface area contributed by atoms with E-state index in [1.54, 1.807) is 30.9 Å². The summed E-state index contributed by atoms with van der Waals surface area (Å²) in [6.07, 6.45) is 3.10. The number of esters is 1. The van der Waals surface area contributed by atoms with Crippen molar-refractivity contribution in [2.45, 2.75) is 39.0 Å². The van der Waals surface area contributed by atoms with Crippen LogP contribution in [0.25, 0.3) is 0 Å². The third-order valence-electron chi connectivity index (χ3n) is 2.36. The third-order valence-corrected chi connectivity index (χ3v) is 2.84. The van der Waals surface area contributed by atoms with Crippen molar-refractivity contribution < 1.29 is 9.53 Å². The number of carbonyl (C=O) groups excluding carboxylic acids is 1. The van der Waals surface area contributed by atoms with E-state index in [0.29, 0.717) is 0 Å². The Hall–Kier alpha value is -1.07. The number of imidazole rings is 1. The van der Waals surface area contributed by atoms with E-state index < -0.39 is 11.5 Å². The molecule has 1 aromatic heterocycles. The fraction of sp³-hybridized carbons (Fsp3) is 0.636. The Balaban J connectivity index is 2.82.